The summed E-state index contributed by atoms with van der Waals surface area (Å²) in [6.45, 7) is 6.45. The molecule has 2 aromatic rings. The van der Waals surface area contributed by atoms with E-state index in [1.54, 1.807) is 7.11 Å². The number of unbranched alkanes of at least 4 members (excludes halogenated alkanes) is 3. The average molecular weight is 611 g/mol. The van der Waals surface area contributed by atoms with Gasteiger partial charge in [-0.25, -0.2) is 0 Å². The van der Waals surface area contributed by atoms with Gasteiger partial charge in [0.25, 0.3) is 0 Å². The van der Waals surface area contributed by atoms with Crippen molar-refractivity contribution < 1.29 is 36.3 Å². The highest BCUT2D eigenvalue weighted by atomic mass is 35.5. The molecular weight excluding hydrogens is 569 g/mol. The van der Waals surface area contributed by atoms with E-state index in [0.717, 1.165) is 68.2 Å². The minimum absolute atomic E-state index is 0. The Hall–Kier alpha value is -2.70. The van der Waals surface area contributed by atoms with E-state index in [9.17, 15) is 0 Å². The summed E-state index contributed by atoms with van der Waals surface area (Å²) in [4.78, 5) is 1.37. The second-order valence-electron chi connectivity index (χ2n) is 11.6. The zero-order valence-electron chi connectivity index (χ0n) is 24.8. The molecule has 7 heteroatoms. The van der Waals surface area contributed by atoms with Crippen molar-refractivity contribution in [3.05, 3.63) is 99.5 Å². The van der Waals surface area contributed by atoms with Crippen LogP contribution in [0.25, 0.3) is 5.70 Å². The van der Waals surface area contributed by atoms with Crippen LogP contribution in [0, 0.1) is 0 Å². The van der Waals surface area contributed by atoms with Crippen LogP contribution in [-0.2, 0) is 22.3 Å². The van der Waals surface area contributed by atoms with Crippen LogP contribution < -0.4 is 26.8 Å². The highest BCUT2D eigenvalue weighted by Gasteiger charge is 2.40. The number of hydrogen-bond donors (Lipinski definition) is 1. The molecule has 0 fully saturated rings. The van der Waals surface area contributed by atoms with Gasteiger partial charge in [0.2, 0.25) is 6.79 Å². The van der Waals surface area contributed by atoms with Gasteiger partial charge in [0.15, 0.2) is 11.5 Å². The molecule has 5 nitrogen and oxygen atoms in total. The normalized spacial score (nSPS) is 20.2. The third-order valence-electron chi connectivity index (χ3n) is 8.65. The second-order valence-corrected chi connectivity index (χ2v) is 12.0. The third kappa shape index (κ3) is 6.16. The van der Waals surface area contributed by atoms with Crippen molar-refractivity contribution in [2.45, 2.75) is 64.4 Å². The van der Waals surface area contributed by atoms with Gasteiger partial charge in [-0.05, 0) is 59.2 Å². The average Bonchev–Trinajstić information content (AvgIpc) is 3.45. The molecule has 4 aliphatic rings. The topological polar surface area (TPSA) is 41.4 Å². The molecular formula is C35H41Cl2NO4. The molecule has 1 aliphatic carbocycles. The van der Waals surface area contributed by atoms with Gasteiger partial charge in [-0.3, -0.25) is 4.90 Å². The first-order valence-electron chi connectivity index (χ1n) is 15.0. The molecule has 0 aromatic heterocycles. The molecule has 0 radical (unpaired) electrons. The lowest BCUT2D eigenvalue weighted by Crippen LogP contribution is -3.06. The number of nitrogens with one attached hydrogen (secondary N) is 1. The maximum atomic E-state index is 6.58. The van der Waals surface area contributed by atoms with Gasteiger partial charge < -0.3 is 31.4 Å². The van der Waals surface area contributed by atoms with E-state index < -0.39 is 0 Å². The molecule has 2 atom stereocenters. The fraction of sp³-hybridized carbons (Fsp3) is 0.429. The van der Waals surface area contributed by atoms with Gasteiger partial charge in [0.05, 0.1) is 13.7 Å². The van der Waals surface area contributed by atoms with Crippen molar-refractivity contribution in [2.24, 2.45) is 0 Å². The lowest BCUT2D eigenvalue weighted by molar-refractivity contribution is -0.771. The molecule has 0 saturated carbocycles. The lowest BCUT2D eigenvalue weighted by Gasteiger charge is -2.36. The van der Waals surface area contributed by atoms with Crippen LogP contribution in [-0.4, -0.2) is 39.0 Å². The Morgan fingerprint density at radius 1 is 1.00 bits per heavy atom. The second kappa shape index (κ2) is 13.7. The fourth-order valence-corrected chi connectivity index (χ4v) is 6.58. The Morgan fingerprint density at radius 3 is 2.50 bits per heavy atom. The molecule has 0 spiro atoms. The van der Waals surface area contributed by atoms with E-state index in [2.05, 4.69) is 68.6 Å². The number of quaternary nitrogens is 1. The maximum Gasteiger partial charge on any atom is 0.231 e. The van der Waals surface area contributed by atoms with Crippen molar-refractivity contribution in [3.8, 4) is 11.5 Å². The largest absolute Gasteiger partial charge is 1.00 e. The lowest BCUT2D eigenvalue weighted by atomic mass is 9.79. The molecule has 0 saturated heterocycles. The van der Waals surface area contributed by atoms with Crippen molar-refractivity contribution in [2.75, 3.05) is 32.9 Å². The quantitative estimate of drug-likeness (QED) is 0.313. The van der Waals surface area contributed by atoms with E-state index in [0.29, 0.717) is 12.5 Å². The summed E-state index contributed by atoms with van der Waals surface area (Å²) >= 11 is 5.87. The summed E-state index contributed by atoms with van der Waals surface area (Å²) in [5.74, 6) is 3.79. The molecule has 3 aliphatic heterocycles. The number of alkyl halides is 1. The first kappa shape index (κ1) is 30.7. The fourth-order valence-electron chi connectivity index (χ4n) is 6.39. The SMILES string of the molecule is COC1=CC=C2C(=C[NH+]3CCc4cc5c(cc4C3=C2Cc2ccc(C(C)C)cc2)OCO5)C1OCCCCCCCl.[Cl-]. The number of hydrogen-bond acceptors (Lipinski definition) is 4. The summed E-state index contributed by atoms with van der Waals surface area (Å²) < 4.78 is 24.0. The van der Waals surface area contributed by atoms with Gasteiger partial charge in [0, 0.05) is 42.0 Å². The summed E-state index contributed by atoms with van der Waals surface area (Å²) in [5.41, 5.74) is 10.4. The summed E-state index contributed by atoms with van der Waals surface area (Å²) in [7, 11) is 1.75. The highest BCUT2D eigenvalue weighted by Crippen LogP contribution is 2.42. The van der Waals surface area contributed by atoms with Crippen molar-refractivity contribution in [3.63, 3.8) is 0 Å². The summed E-state index contributed by atoms with van der Waals surface area (Å²) in [6, 6.07) is 13.5. The van der Waals surface area contributed by atoms with Gasteiger partial charge in [-0.15, -0.1) is 11.6 Å². The molecule has 0 amide bonds. The van der Waals surface area contributed by atoms with Gasteiger partial charge >= 0.3 is 0 Å². The Morgan fingerprint density at radius 2 is 1.76 bits per heavy atom. The van der Waals surface area contributed by atoms with E-state index in [4.69, 9.17) is 30.5 Å². The molecule has 3 heterocycles. The number of fused-ring (bicyclic) bond motifs is 5. The van der Waals surface area contributed by atoms with Gasteiger partial charge in [0.1, 0.15) is 23.8 Å². The zero-order chi connectivity index (χ0) is 28.3. The van der Waals surface area contributed by atoms with Crippen LogP contribution >= 0.6 is 11.6 Å². The van der Waals surface area contributed by atoms with Crippen LogP contribution in [0.1, 0.15) is 67.7 Å². The molecule has 224 valence electrons. The van der Waals surface area contributed by atoms with Crippen LogP contribution in [0.3, 0.4) is 0 Å². The minimum Gasteiger partial charge on any atom is -1.00 e. The first-order chi connectivity index (χ1) is 20.1. The molecule has 42 heavy (non-hydrogen) atoms. The molecule has 6 rings (SSSR count). The number of methoxy groups -OCH3 is 1. The minimum atomic E-state index is -0.210. The monoisotopic (exact) mass is 609 g/mol. The number of benzene rings is 2. The summed E-state index contributed by atoms with van der Waals surface area (Å²) in [5, 5.41) is 0. The number of allylic oxidation sites excluding steroid dienone is 3. The van der Waals surface area contributed by atoms with Gasteiger partial charge in [-0.1, -0.05) is 57.0 Å². The van der Waals surface area contributed by atoms with Crippen molar-refractivity contribution in [1.29, 1.82) is 0 Å². The smallest absolute Gasteiger partial charge is 0.231 e. The molecule has 2 unspecified atom stereocenters. The predicted octanol–water partition coefficient (Wildman–Crippen LogP) is 3.49. The molecule has 1 N–H and O–H groups in total. The van der Waals surface area contributed by atoms with Gasteiger partial charge in [-0.2, -0.15) is 0 Å². The molecule has 0 bridgehead atoms. The Labute approximate surface area is 261 Å². The standard InChI is InChI=1S/C35H40ClNO4.ClH/c1-23(2)25-10-8-24(9-11-25)18-29-27-12-13-31(38-3)35(39-17-7-5-4-6-15-36)30(27)21-37-16-14-26-19-32-33(41-22-40-32)20-28(26)34(29)37;/h8-13,19-21,23,35H,4-7,14-18,22H2,1-3H3;1H. The summed E-state index contributed by atoms with van der Waals surface area (Å²) in [6.07, 6.45) is 12.7. The molecule has 2 aromatic carbocycles. The highest BCUT2D eigenvalue weighted by molar-refractivity contribution is 6.17. The first-order valence-corrected chi connectivity index (χ1v) is 15.6. The van der Waals surface area contributed by atoms with Crippen LogP contribution in [0.15, 0.2) is 77.2 Å². The Kier molecular flexibility index (Phi) is 10.1. The number of rotatable bonds is 11. The Bertz CT molecular complexity index is 1410. The maximum absolute atomic E-state index is 6.58. The predicted molar refractivity (Wildman–Crippen MR) is 163 cm³/mol. The van der Waals surface area contributed by atoms with E-state index in [1.807, 2.05) is 0 Å². The van der Waals surface area contributed by atoms with Crippen molar-refractivity contribution >= 4 is 17.3 Å². The van der Waals surface area contributed by atoms with E-state index in [1.165, 1.54) is 49.6 Å². The zero-order valence-corrected chi connectivity index (χ0v) is 26.3. The Balaban J connectivity index is 0.00000353. The van der Waals surface area contributed by atoms with E-state index >= 15 is 0 Å². The number of halogens is 2. The van der Waals surface area contributed by atoms with Crippen molar-refractivity contribution in [1.82, 2.24) is 0 Å². The third-order valence-corrected chi connectivity index (χ3v) is 8.92. The van der Waals surface area contributed by atoms with E-state index in [-0.39, 0.29) is 25.3 Å². The van der Waals surface area contributed by atoms with Crippen LogP contribution in [0.2, 0.25) is 0 Å². The number of ether oxygens (including phenoxy) is 4. The van der Waals surface area contributed by atoms with Crippen LogP contribution in [0.4, 0.5) is 0 Å². The van der Waals surface area contributed by atoms with Crippen LogP contribution in [0.5, 0.6) is 11.5 Å².